The minimum absolute atomic E-state index is 0.807. The van der Waals surface area contributed by atoms with Gasteiger partial charge in [-0.1, -0.05) is 66.7 Å². The van der Waals surface area contributed by atoms with Crippen molar-refractivity contribution in [3.63, 3.8) is 0 Å². The van der Waals surface area contributed by atoms with Crippen LogP contribution in [-0.2, 0) is 7.05 Å². The summed E-state index contributed by atoms with van der Waals surface area (Å²) in [4.78, 5) is 0. The van der Waals surface area contributed by atoms with Gasteiger partial charge in [0.05, 0.1) is 34.0 Å². The van der Waals surface area contributed by atoms with Crippen molar-refractivity contribution in [2.24, 2.45) is 7.05 Å². The number of hydrogen-bond acceptors (Lipinski definition) is 4. The maximum absolute atomic E-state index is 5.59. The van der Waals surface area contributed by atoms with Crippen LogP contribution in [0.15, 0.2) is 121 Å². The number of hydrogen-bond donors (Lipinski definition) is 0. The molecule has 6 aromatic carbocycles. The molecule has 0 saturated heterocycles. The van der Waals surface area contributed by atoms with Crippen LogP contribution in [0.1, 0.15) is 0 Å². The molecule has 0 bridgehead atoms. The Balaban J connectivity index is 1.75. The Kier molecular flexibility index (Phi) is 7.59. The maximum Gasteiger partial charge on any atom is 0.118 e. The third kappa shape index (κ3) is 4.81. The van der Waals surface area contributed by atoms with E-state index in [1.807, 2.05) is 48.5 Å². The highest BCUT2D eigenvalue weighted by Crippen LogP contribution is 2.53. The van der Waals surface area contributed by atoms with Gasteiger partial charge in [-0.2, -0.15) is 0 Å². The van der Waals surface area contributed by atoms with Gasteiger partial charge in [0.15, 0.2) is 0 Å². The fraction of sp³-hybridized carbons (Fsp3) is 0.122. The average molecular weight is 606 g/mol. The molecular weight excluding hydrogens is 570 g/mol. The lowest BCUT2D eigenvalue weighted by atomic mass is 9.80. The van der Waals surface area contributed by atoms with Gasteiger partial charge in [0.1, 0.15) is 23.0 Å². The third-order valence-corrected chi connectivity index (χ3v) is 8.86. The summed E-state index contributed by atoms with van der Waals surface area (Å²) in [7, 11) is 8.96. The first kappa shape index (κ1) is 29.1. The average Bonchev–Trinajstić information content (AvgIpc) is 3.42. The second-order valence-electron chi connectivity index (χ2n) is 11.2. The molecule has 7 aromatic rings. The van der Waals surface area contributed by atoms with Crippen molar-refractivity contribution >= 4 is 21.8 Å². The van der Waals surface area contributed by atoms with Gasteiger partial charge in [-0.3, -0.25) is 0 Å². The molecule has 46 heavy (non-hydrogen) atoms. The first-order chi connectivity index (χ1) is 22.6. The van der Waals surface area contributed by atoms with Crippen molar-refractivity contribution in [3.05, 3.63) is 121 Å². The summed E-state index contributed by atoms with van der Waals surface area (Å²) in [6.07, 6.45) is 0. The topological polar surface area (TPSA) is 41.9 Å². The number of benzene rings is 6. The van der Waals surface area contributed by atoms with Gasteiger partial charge in [-0.15, -0.1) is 0 Å². The number of methoxy groups -OCH3 is 4. The second kappa shape index (κ2) is 12.0. The Labute approximate surface area is 269 Å². The number of aromatic nitrogens is 1. The predicted octanol–water partition coefficient (Wildman–Crippen LogP) is 10.0. The van der Waals surface area contributed by atoms with E-state index in [0.717, 1.165) is 78.5 Å². The molecule has 0 N–H and O–H groups in total. The molecule has 0 atom stereocenters. The Hall–Kier alpha value is -5.68. The fourth-order valence-electron chi connectivity index (χ4n) is 6.61. The van der Waals surface area contributed by atoms with E-state index in [2.05, 4.69) is 84.4 Å². The molecule has 0 spiro atoms. The van der Waals surface area contributed by atoms with E-state index in [1.54, 1.807) is 28.4 Å². The van der Waals surface area contributed by atoms with Crippen LogP contribution in [0.25, 0.3) is 66.3 Å². The highest BCUT2D eigenvalue weighted by molar-refractivity contribution is 6.25. The summed E-state index contributed by atoms with van der Waals surface area (Å²) < 4.78 is 24.7. The smallest absolute Gasteiger partial charge is 0.118 e. The lowest BCUT2D eigenvalue weighted by Gasteiger charge is -2.24. The monoisotopic (exact) mass is 605 g/mol. The fourth-order valence-corrected chi connectivity index (χ4v) is 6.61. The lowest BCUT2D eigenvalue weighted by Crippen LogP contribution is -1.99. The van der Waals surface area contributed by atoms with Crippen molar-refractivity contribution in [2.75, 3.05) is 28.4 Å². The Bertz CT molecular complexity index is 2160. The van der Waals surface area contributed by atoms with Crippen LogP contribution in [0.5, 0.6) is 23.0 Å². The SMILES string of the molecule is COc1ccc(-c2c(-c3ccc(OC)cc3)c(-c3ccc(OC)cc3)c3c(c2-c2ccc(OC)cc2)c2ccccc2n3C)cc1. The van der Waals surface area contributed by atoms with Gasteiger partial charge in [0.25, 0.3) is 0 Å². The van der Waals surface area contributed by atoms with Crippen molar-refractivity contribution in [1.29, 1.82) is 0 Å². The molecule has 0 amide bonds. The summed E-state index contributed by atoms with van der Waals surface area (Å²) in [6.45, 7) is 0. The first-order valence-corrected chi connectivity index (χ1v) is 15.2. The molecule has 7 rings (SSSR count). The molecule has 5 heteroatoms. The van der Waals surface area contributed by atoms with Crippen LogP contribution >= 0.6 is 0 Å². The minimum atomic E-state index is 0.807. The normalized spacial score (nSPS) is 11.2. The van der Waals surface area contributed by atoms with Gasteiger partial charge in [0.2, 0.25) is 0 Å². The predicted molar refractivity (Wildman–Crippen MR) is 188 cm³/mol. The molecular formula is C41H35NO4. The maximum atomic E-state index is 5.59. The van der Waals surface area contributed by atoms with Gasteiger partial charge in [-0.05, 0) is 82.4 Å². The van der Waals surface area contributed by atoms with Crippen LogP contribution in [0.2, 0.25) is 0 Å². The molecule has 0 fully saturated rings. The molecule has 5 nitrogen and oxygen atoms in total. The van der Waals surface area contributed by atoms with E-state index in [0.29, 0.717) is 0 Å². The Morgan fingerprint density at radius 1 is 0.391 bits per heavy atom. The third-order valence-electron chi connectivity index (χ3n) is 8.86. The quantitative estimate of drug-likeness (QED) is 0.173. The molecule has 228 valence electrons. The standard InChI is InChI=1S/C41H35NO4/c1-42-35-9-7-6-8-34(35)40-38(28-14-22-32(45-4)23-15-28)36(26-10-18-30(43-2)19-11-26)37(27-12-20-31(44-3)21-13-27)39(41(40)42)29-16-24-33(46-5)25-17-29/h6-25H,1-5H3. The Morgan fingerprint density at radius 3 is 1.15 bits per heavy atom. The number of ether oxygens (including phenoxy) is 4. The largest absolute Gasteiger partial charge is 0.497 e. The first-order valence-electron chi connectivity index (χ1n) is 15.2. The van der Waals surface area contributed by atoms with E-state index < -0.39 is 0 Å². The van der Waals surface area contributed by atoms with Crippen molar-refractivity contribution in [2.45, 2.75) is 0 Å². The summed E-state index contributed by atoms with van der Waals surface area (Å²) in [5.74, 6) is 3.24. The molecule has 0 aliphatic carbocycles. The number of rotatable bonds is 8. The van der Waals surface area contributed by atoms with Crippen LogP contribution in [-0.4, -0.2) is 33.0 Å². The zero-order valence-corrected chi connectivity index (χ0v) is 26.6. The van der Waals surface area contributed by atoms with E-state index in [-0.39, 0.29) is 0 Å². The molecule has 0 aliphatic rings. The second-order valence-corrected chi connectivity index (χ2v) is 11.2. The van der Waals surface area contributed by atoms with Gasteiger partial charge in [0, 0.05) is 40.0 Å². The summed E-state index contributed by atoms with van der Waals surface area (Å²) in [6, 6.07) is 42.2. The van der Waals surface area contributed by atoms with Crippen LogP contribution in [0.3, 0.4) is 0 Å². The molecule has 0 unspecified atom stereocenters. The number of fused-ring (bicyclic) bond motifs is 3. The molecule has 1 heterocycles. The van der Waals surface area contributed by atoms with E-state index in [4.69, 9.17) is 18.9 Å². The lowest BCUT2D eigenvalue weighted by molar-refractivity contribution is 0.414. The van der Waals surface area contributed by atoms with E-state index in [9.17, 15) is 0 Å². The van der Waals surface area contributed by atoms with E-state index >= 15 is 0 Å². The molecule has 0 radical (unpaired) electrons. The van der Waals surface area contributed by atoms with Crippen LogP contribution < -0.4 is 18.9 Å². The molecule has 1 aromatic heterocycles. The summed E-state index contributed by atoms with van der Waals surface area (Å²) in [5, 5.41) is 2.38. The van der Waals surface area contributed by atoms with Crippen molar-refractivity contribution in [1.82, 2.24) is 4.57 Å². The molecule has 0 aliphatic heterocycles. The van der Waals surface area contributed by atoms with E-state index in [1.165, 1.54) is 10.8 Å². The van der Waals surface area contributed by atoms with Crippen molar-refractivity contribution < 1.29 is 18.9 Å². The van der Waals surface area contributed by atoms with Gasteiger partial charge >= 0.3 is 0 Å². The highest BCUT2D eigenvalue weighted by Gasteiger charge is 2.28. The highest BCUT2D eigenvalue weighted by atomic mass is 16.5. The van der Waals surface area contributed by atoms with Gasteiger partial charge < -0.3 is 23.5 Å². The summed E-state index contributed by atoms with van der Waals surface area (Å²) >= 11 is 0. The van der Waals surface area contributed by atoms with Crippen LogP contribution in [0.4, 0.5) is 0 Å². The Morgan fingerprint density at radius 2 is 0.739 bits per heavy atom. The van der Waals surface area contributed by atoms with Crippen LogP contribution in [0, 0.1) is 0 Å². The molecule has 0 saturated carbocycles. The summed E-state index contributed by atoms with van der Waals surface area (Å²) in [5.41, 5.74) is 11.2. The zero-order valence-electron chi connectivity index (χ0n) is 26.6. The number of nitrogens with zero attached hydrogens (tertiary/aromatic N) is 1. The minimum Gasteiger partial charge on any atom is -0.497 e. The number of para-hydroxylation sites is 1. The van der Waals surface area contributed by atoms with Crippen molar-refractivity contribution in [3.8, 4) is 67.5 Å². The zero-order chi connectivity index (χ0) is 31.8. The number of aryl methyl sites for hydroxylation is 1. The van der Waals surface area contributed by atoms with Gasteiger partial charge in [-0.25, -0.2) is 0 Å².